The second kappa shape index (κ2) is 7.30. The summed E-state index contributed by atoms with van der Waals surface area (Å²) in [5.74, 6) is 0.375. The number of nitrogens with one attached hydrogen (secondary N) is 1. The smallest absolute Gasteiger partial charge is 0.340 e. The van der Waals surface area contributed by atoms with Gasteiger partial charge in [0.2, 0.25) is 0 Å². The highest BCUT2D eigenvalue weighted by molar-refractivity contribution is 6.04. The van der Waals surface area contributed by atoms with Gasteiger partial charge in [-0.05, 0) is 24.3 Å². The molecule has 1 saturated carbocycles. The number of aromatic nitrogens is 1. The summed E-state index contributed by atoms with van der Waals surface area (Å²) in [6.07, 6.45) is 5.08. The topological polar surface area (TPSA) is 60.3 Å². The van der Waals surface area contributed by atoms with Crippen LogP contribution in [0.5, 0.6) is 0 Å². The summed E-state index contributed by atoms with van der Waals surface area (Å²) in [7, 11) is 1.89. The largest absolute Gasteiger partial charge is 0.452 e. The Morgan fingerprint density at radius 3 is 2.80 bits per heavy atom. The van der Waals surface area contributed by atoms with Crippen LogP contribution < -0.4 is 5.32 Å². The maximum atomic E-state index is 12.4. The highest BCUT2D eigenvalue weighted by atomic mass is 16.5. The molecule has 1 aromatic carbocycles. The lowest BCUT2D eigenvalue weighted by Gasteiger charge is -2.34. The van der Waals surface area contributed by atoms with Gasteiger partial charge in [0, 0.05) is 30.2 Å². The molecule has 1 heterocycles. The van der Waals surface area contributed by atoms with Crippen LogP contribution >= 0.6 is 0 Å². The van der Waals surface area contributed by atoms with Crippen molar-refractivity contribution in [3.8, 4) is 0 Å². The summed E-state index contributed by atoms with van der Waals surface area (Å²) in [5, 5.41) is 3.86. The van der Waals surface area contributed by atoms with Gasteiger partial charge in [-0.25, -0.2) is 4.79 Å². The molecule has 1 aliphatic carbocycles. The van der Waals surface area contributed by atoms with E-state index in [1.807, 2.05) is 35.9 Å². The molecular weight excluding hydrogens is 316 g/mol. The fourth-order valence-corrected chi connectivity index (χ4v) is 3.75. The third kappa shape index (κ3) is 3.70. The Morgan fingerprint density at radius 1 is 1.24 bits per heavy atom. The van der Waals surface area contributed by atoms with Crippen LogP contribution in [0.25, 0.3) is 10.9 Å². The molecule has 5 heteroatoms. The van der Waals surface area contributed by atoms with Gasteiger partial charge in [0.05, 0.1) is 5.56 Å². The van der Waals surface area contributed by atoms with Crippen LogP contribution in [0.3, 0.4) is 0 Å². The van der Waals surface area contributed by atoms with Crippen molar-refractivity contribution in [1.29, 1.82) is 0 Å². The Bertz CT molecular complexity index is 780. The van der Waals surface area contributed by atoms with E-state index >= 15 is 0 Å². The highest BCUT2D eigenvalue weighted by Gasteiger charge is 2.28. The van der Waals surface area contributed by atoms with Gasteiger partial charge >= 0.3 is 5.97 Å². The van der Waals surface area contributed by atoms with Crippen LogP contribution in [0.1, 0.15) is 43.5 Å². The zero-order valence-corrected chi connectivity index (χ0v) is 15.1. The van der Waals surface area contributed by atoms with Gasteiger partial charge in [0.15, 0.2) is 6.61 Å². The van der Waals surface area contributed by atoms with Crippen molar-refractivity contribution < 1.29 is 14.3 Å². The summed E-state index contributed by atoms with van der Waals surface area (Å²) in [6, 6.07) is 7.82. The number of rotatable bonds is 4. The molecule has 1 aliphatic rings. The minimum absolute atomic E-state index is 0.174. The Kier molecular flexibility index (Phi) is 5.11. The molecule has 0 saturated heterocycles. The maximum Gasteiger partial charge on any atom is 0.340 e. The minimum atomic E-state index is -0.461. The molecule has 3 rings (SSSR count). The molecule has 1 fully saturated rings. The number of amides is 1. The number of carbonyl (C=O) groups excluding carboxylic acids is 2. The van der Waals surface area contributed by atoms with Gasteiger partial charge in [-0.1, -0.05) is 44.9 Å². The Balaban J connectivity index is 1.59. The van der Waals surface area contributed by atoms with Crippen molar-refractivity contribution in [3.63, 3.8) is 0 Å². The van der Waals surface area contributed by atoms with Crippen LogP contribution in [-0.2, 0) is 16.6 Å². The molecule has 1 N–H and O–H groups in total. The average molecular weight is 342 g/mol. The SMILES string of the molecule is C[C@@H]1[C@H](C)CCC[C@H]1NC(=O)COC(=O)c1cn(C)c2ccccc12. The van der Waals surface area contributed by atoms with E-state index in [9.17, 15) is 9.59 Å². The third-order valence-corrected chi connectivity index (χ3v) is 5.50. The van der Waals surface area contributed by atoms with E-state index in [-0.39, 0.29) is 18.6 Å². The highest BCUT2D eigenvalue weighted by Crippen LogP contribution is 2.29. The van der Waals surface area contributed by atoms with Crippen molar-refractivity contribution >= 4 is 22.8 Å². The van der Waals surface area contributed by atoms with Gasteiger partial charge in [0.1, 0.15) is 0 Å². The molecule has 0 unspecified atom stereocenters. The third-order valence-electron chi connectivity index (χ3n) is 5.50. The Labute approximate surface area is 148 Å². The number of fused-ring (bicyclic) bond motifs is 1. The number of hydrogen-bond acceptors (Lipinski definition) is 3. The second-order valence-corrected chi connectivity index (χ2v) is 7.19. The van der Waals surface area contributed by atoms with Gasteiger partial charge in [-0.3, -0.25) is 4.79 Å². The zero-order chi connectivity index (χ0) is 18.0. The zero-order valence-electron chi connectivity index (χ0n) is 15.1. The lowest BCUT2D eigenvalue weighted by molar-refractivity contribution is -0.125. The summed E-state index contributed by atoms with van der Waals surface area (Å²) in [6.45, 7) is 4.17. The van der Waals surface area contributed by atoms with Crippen molar-refractivity contribution in [2.45, 2.75) is 39.2 Å². The van der Waals surface area contributed by atoms with Crippen molar-refractivity contribution in [2.24, 2.45) is 18.9 Å². The number of ether oxygens (including phenoxy) is 1. The van der Waals surface area contributed by atoms with Crippen LogP contribution in [0.2, 0.25) is 0 Å². The molecule has 1 amide bonds. The molecule has 5 nitrogen and oxygen atoms in total. The van der Waals surface area contributed by atoms with E-state index in [0.717, 1.165) is 23.7 Å². The molecule has 2 aromatic rings. The molecular formula is C20H26N2O3. The van der Waals surface area contributed by atoms with Gasteiger partial charge in [-0.15, -0.1) is 0 Å². The maximum absolute atomic E-state index is 12.4. The standard InChI is InChI=1S/C20H26N2O3/c1-13-7-6-9-17(14(13)2)21-19(23)12-25-20(24)16-11-22(3)18-10-5-4-8-15(16)18/h4-5,8,10-11,13-14,17H,6-7,9,12H2,1-3H3,(H,21,23)/t13-,14-,17-/m1/s1. The average Bonchev–Trinajstić information content (AvgIpc) is 2.94. The van der Waals surface area contributed by atoms with Crippen LogP contribution in [0.4, 0.5) is 0 Å². The first-order valence-corrected chi connectivity index (χ1v) is 8.98. The summed E-state index contributed by atoms with van der Waals surface area (Å²) >= 11 is 0. The summed E-state index contributed by atoms with van der Waals surface area (Å²) in [4.78, 5) is 24.5. The number of esters is 1. The first-order chi connectivity index (χ1) is 12.0. The molecule has 134 valence electrons. The number of para-hydroxylation sites is 1. The number of benzene rings is 1. The van der Waals surface area contributed by atoms with E-state index in [1.54, 1.807) is 6.20 Å². The molecule has 1 aromatic heterocycles. The lowest BCUT2D eigenvalue weighted by atomic mass is 9.78. The molecule has 0 aliphatic heterocycles. The van der Waals surface area contributed by atoms with Crippen LogP contribution in [0.15, 0.2) is 30.5 Å². The van der Waals surface area contributed by atoms with Gasteiger partial charge in [0.25, 0.3) is 5.91 Å². The van der Waals surface area contributed by atoms with Crippen molar-refractivity contribution in [1.82, 2.24) is 9.88 Å². The predicted molar refractivity (Wildman–Crippen MR) is 97.3 cm³/mol. The van der Waals surface area contributed by atoms with Crippen molar-refractivity contribution in [3.05, 3.63) is 36.0 Å². The first-order valence-electron chi connectivity index (χ1n) is 8.98. The monoisotopic (exact) mass is 342 g/mol. The van der Waals surface area contributed by atoms with E-state index in [4.69, 9.17) is 4.74 Å². The second-order valence-electron chi connectivity index (χ2n) is 7.19. The number of aryl methyl sites for hydroxylation is 1. The predicted octanol–water partition coefficient (Wildman–Crippen LogP) is 3.28. The normalized spacial score (nSPS) is 23.4. The molecule has 0 spiro atoms. The van der Waals surface area contributed by atoms with Crippen LogP contribution in [-0.4, -0.2) is 29.1 Å². The molecule has 25 heavy (non-hydrogen) atoms. The number of carbonyl (C=O) groups is 2. The number of nitrogens with zero attached hydrogens (tertiary/aromatic N) is 1. The summed E-state index contributed by atoms with van der Waals surface area (Å²) < 4.78 is 7.14. The van der Waals surface area contributed by atoms with E-state index in [2.05, 4.69) is 19.2 Å². The lowest BCUT2D eigenvalue weighted by Crippen LogP contribution is -2.45. The fourth-order valence-electron chi connectivity index (χ4n) is 3.75. The molecule has 3 atom stereocenters. The van der Waals surface area contributed by atoms with E-state index in [0.29, 0.717) is 17.4 Å². The Morgan fingerprint density at radius 2 is 2.00 bits per heavy atom. The first kappa shape index (κ1) is 17.5. The minimum Gasteiger partial charge on any atom is -0.452 e. The van der Waals surface area contributed by atoms with Gasteiger partial charge < -0.3 is 14.6 Å². The van der Waals surface area contributed by atoms with Gasteiger partial charge in [-0.2, -0.15) is 0 Å². The van der Waals surface area contributed by atoms with Crippen LogP contribution in [0, 0.1) is 11.8 Å². The fraction of sp³-hybridized carbons (Fsp3) is 0.500. The summed E-state index contributed by atoms with van der Waals surface area (Å²) in [5.41, 5.74) is 1.45. The van der Waals surface area contributed by atoms with E-state index < -0.39 is 5.97 Å². The number of hydrogen-bond donors (Lipinski definition) is 1. The van der Waals surface area contributed by atoms with E-state index in [1.165, 1.54) is 6.42 Å². The Hall–Kier alpha value is -2.30. The quantitative estimate of drug-likeness (QED) is 0.868. The molecule has 0 radical (unpaired) electrons. The molecule has 0 bridgehead atoms. The van der Waals surface area contributed by atoms with Crippen molar-refractivity contribution in [2.75, 3.05) is 6.61 Å².